The number of aromatic nitrogens is 1. The fourth-order valence-electron chi connectivity index (χ4n) is 4.98. The van der Waals surface area contributed by atoms with Crippen LogP contribution in [-0.4, -0.2) is 42.2 Å². The summed E-state index contributed by atoms with van der Waals surface area (Å²) in [6.45, 7) is 5.99. The van der Waals surface area contributed by atoms with E-state index in [0.717, 1.165) is 21.0 Å². The zero-order valence-corrected chi connectivity index (χ0v) is 30.0. The highest BCUT2D eigenvalue weighted by atomic mass is 32.2. The Bertz CT molecular complexity index is 2010. The van der Waals surface area contributed by atoms with E-state index in [9.17, 15) is 14.4 Å². The summed E-state index contributed by atoms with van der Waals surface area (Å²) in [5, 5.41) is 8.80. The monoisotopic (exact) mass is 706 g/mol. The second-order valence-corrected chi connectivity index (χ2v) is 13.7. The van der Waals surface area contributed by atoms with Crippen molar-refractivity contribution in [3.63, 3.8) is 0 Å². The van der Waals surface area contributed by atoms with Gasteiger partial charge in [-0.25, -0.2) is 4.98 Å². The first-order chi connectivity index (χ1) is 24.2. The van der Waals surface area contributed by atoms with Crippen LogP contribution in [0.3, 0.4) is 0 Å². The van der Waals surface area contributed by atoms with E-state index in [1.54, 1.807) is 73.8 Å². The lowest BCUT2D eigenvalue weighted by Gasteiger charge is -2.15. The molecule has 5 rings (SSSR count). The van der Waals surface area contributed by atoms with Gasteiger partial charge in [-0.1, -0.05) is 61.0 Å². The smallest absolute Gasteiger partial charge is 0.272 e. The maximum atomic E-state index is 13.7. The van der Waals surface area contributed by atoms with Crippen molar-refractivity contribution >= 4 is 57.7 Å². The number of amides is 3. The van der Waals surface area contributed by atoms with E-state index in [2.05, 4.69) is 16.0 Å². The molecule has 1 heterocycles. The number of carbonyl (C=O) groups is 3. The van der Waals surface area contributed by atoms with Gasteiger partial charge < -0.3 is 25.4 Å². The number of hydrogen-bond donors (Lipinski definition) is 3. The number of nitrogens with one attached hydrogen (secondary N) is 3. The van der Waals surface area contributed by atoms with Crippen molar-refractivity contribution in [2.75, 3.05) is 24.9 Å². The number of ether oxygens (including phenoxy) is 2. The molecule has 1 atom stereocenters. The first kappa shape index (κ1) is 35.9. The Morgan fingerprint density at radius 3 is 2.34 bits per heavy atom. The summed E-state index contributed by atoms with van der Waals surface area (Å²) >= 11 is 2.84. The molecule has 4 aromatic carbocycles. The van der Waals surface area contributed by atoms with Crippen LogP contribution < -0.4 is 25.4 Å². The quantitative estimate of drug-likeness (QED) is 0.0832. The molecule has 3 amide bonds. The third-order valence-corrected chi connectivity index (χ3v) is 9.90. The highest BCUT2D eigenvalue weighted by Crippen LogP contribution is 2.33. The van der Waals surface area contributed by atoms with E-state index < -0.39 is 17.1 Å². The number of carbonyl (C=O) groups excluding carboxylic acids is 3. The molecule has 0 saturated carbocycles. The number of benzene rings is 4. The molecule has 0 aliphatic heterocycles. The predicted molar refractivity (Wildman–Crippen MR) is 202 cm³/mol. The number of aryl methyl sites for hydroxylation is 2. The average Bonchev–Trinajstić information content (AvgIpc) is 3.50. The highest BCUT2D eigenvalue weighted by Gasteiger charge is 2.21. The van der Waals surface area contributed by atoms with Gasteiger partial charge in [-0.15, -0.1) is 23.1 Å². The molecular formula is C39H38N4O5S2. The average molecular weight is 707 g/mol. The first-order valence-electron chi connectivity index (χ1n) is 15.9. The van der Waals surface area contributed by atoms with Gasteiger partial charge in [-0.05, 0) is 68.8 Å². The van der Waals surface area contributed by atoms with Crippen LogP contribution in [-0.2, 0) is 9.59 Å². The van der Waals surface area contributed by atoms with Crippen LogP contribution in [0.5, 0.6) is 11.5 Å². The molecule has 3 N–H and O–H groups in total. The molecule has 0 bridgehead atoms. The van der Waals surface area contributed by atoms with E-state index in [1.165, 1.54) is 35.8 Å². The SMILES string of the molecule is CCC(Sc1cccc(NC(=O)/C(=C\c2ccc(OC)cc2OC)NC(=O)c2ccccc2)c1)C(=O)Nc1nc(-c2ccc(C)cc2)c(C)s1. The number of nitrogens with zero attached hydrogens (tertiary/aromatic N) is 1. The zero-order chi connectivity index (χ0) is 35.6. The van der Waals surface area contributed by atoms with Crippen LogP contribution in [0.1, 0.15) is 39.7 Å². The van der Waals surface area contributed by atoms with Gasteiger partial charge in [-0.2, -0.15) is 0 Å². The van der Waals surface area contributed by atoms with E-state index in [0.29, 0.717) is 39.9 Å². The normalized spacial score (nSPS) is 11.7. The summed E-state index contributed by atoms with van der Waals surface area (Å²) in [6.07, 6.45) is 2.12. The number of anilines is 2. The predicted octanol–water partition coefficient (Wildman–Crippen LogP) is 8.36. The Balaban J connectivity index is 1.32. The second-order valence-electron chi connectivity index (χ2n) is 11.3. The summed E-state index contributed by atoms with van der Waals surface area (Å²) in [4.78, 5) is 46.8. The molecule has 1 aromatic heterocycles. The topological polar surface area (TPSA) is 119 Å². The van der Waals surface area contributed by atoms with Crippen molar-refractivity contribution in [2.45, 2.75) is 37.3 Å². The van der Waals surface area contributed by atoms with Crippen molar-refractivity contribution in [1.82, 2.24) is 10.3 Å². The van der Waals surface area contributed by atoms with E-state index in [1.807, 2.05) is 57.2 Å². The van der Waals surface area contributed by atoms with Gasteiger partial charge in [0.1, 0.15) is 17.2 Å². The lowest BCUT2D eigenvalue weighted by Crippen LogP contribution is -2.30. The van der Waals surface area contributed by atoms with Crippen LogP contribution in [0.4, 0.5) is 10.8 Å². The second kappa shape index (κ2) is 16.8. The van der Waals surface area contributed by atoms with Gasteiger partial charge in [0.2, 0.25) is 5.91 Å². The molecule has 0 saturated heterocycles. The van der Waals surface area contributed by atoms with E-state index >= 15 is 0 Å². The maximum Gasteiger partial charge on any atom is 0.272 e. The molecule has 1 unspecified atom stereocenters. The third-order valence-electron chi connectivity index (χ3n) is 7.65. The van der Waals surface area contributed by atoms with E-state index in [-0.39, 0.29) is 11.6 Å². The summed E-state index contributed by atoms with van der Waals surface area (Å²) in [5.74, 6) is -0.0892. The third kappa shape index (κ3) is 9.19. The van der Waals surface area contributed by atoms with Crippen LogP contribution in [0.15, 0.2) is 108 Å². The molecular weight excluding hydrogens is 669 g/mol. The molecule has 5 aromatic rings. The molecule has 0 radical (unpaired) electrons. The van der Waals surface area contributed by atoms with Gasteiger partial charge in [0.15, 0.2) is 5.13 Å². The Hall–Kier alpha value is -5.39. The van der Waals surface area contributed by atoms with Crippen molar-refractivity contribution in [1.29, 1.82) is 0 Å². The maximum absolute atomic E-state index is 13.7. The number of thiazole rings is 1. The molecule has 256 valence electrons. The fourth-order valence-corrected chi connectivity index (χ4v) is 6.83. The zero-order valence-electron chi connectivity index (χ0n) is 28.4. The van der Waals surface area contributed by atoms with Crippen molar-refractivity contribution in [3.8, 4) is 22.8 Å². The van der Waals surface area contributed by atoms with Crippen LogP contribution in [0.25, 0.3) is 17.3 Å². The van der Waals surface area contributed by atoms with Gasteiger partial charge in [0, 0.05) is 38.2 Å². The molecule has 0 fully saturated rings. The van der Waals surface area contributed by atoms with Crippen LogP contribution >= 0.6 is 23.1 Å². The fraction of sp³-hybridized carbons (Fsp3) is 0.179. The van der Waals surface area contributed by atoms with Gasteiger partial charge in [-0.3, -0.25) is 14.4 Å². The van der Waals surface area contributed by atoms with Crippen LogP contribution in [0, 0.1) is 13.8 Å². The van der Waals surface area contributed by atoms with Crippen molar-refractivity contribution in [3.05, 3.63) is 124 Å². The number of hydrogen-bond acceptors (Lipinski definition) is 8. The summed E-state index contributed by atoms with van der Waals surface area (Å²) in [5.41, 5.74) is 4.50. The Morgan fingerprint density at radius 1 is 0.880 bits per heavy atom. The van der Waals surface area contributed by atoms with Crippen LogP contribution in [0.2, 0.25) is 0 Å². The molecule has 0 aliphatic rings. The number of rotatable bonds is 13. The standard InChI is InChI=1S/C39H38N4O5S2/c1-6-34(38(46)43-39-42-35(25(3)49-39)26-17-15-24(2)16-18-26)50-31-14-10-13-29(22-31)40-37(45)32(41-36(44)27-11-8-7-9-12-27)21-28-19-20-30(47-4)23-33(28)48-5/h7-23,34H,6H2,1-5H3,(H,40,45)(H,41,44)(H,42,43,46)/b32-21+. The molecule has 50 heavy (non-hydrogen) atoms. The molecule has 0 spiro atoms. The lowest BCUT2D eigenvalue weighted by atomic mass is 10.1. The number of methoxy groups -OCH3 is 2. The Labute approximate surface area is 300 Å². The minimum absolute atomic E-state index is 0.00920. The van der Waals surface area contributed by atoms with E-state index in [4.69, 9.17) is 14.5 Å². The Morgan fingerprint density at radius 2 is 1.64 bits per heavy atom. The molecule has 0 aliphatic carbocycles. The van der Waals surface area contributed by atoms with Gasteiger partial charge in [0.05, 0.1) is 25.2 Å². The largest absolute Gasteiger partial charge is 0.497 e. The minimum atomic E-state index is -0.539. The summed E-state index contributed by atoms with van der Waals surface area (Å²) in [7, 11) is 3.07. The molecule has 9 nitrogen and oxygen atoms in total. The van der Waals surface area contributed by atoms with Gasteiger partial charge in [0.25, 0.3) is 11.8 Å². The Kier molecular flexibility index (Phi) is 12.1. The lowest BCUT2D eigenvalue weighted by molar-refractivity contribution is -0.116. The summed E-state index contributed by atoms with van der Waals surface area (Å²) in [6, 6.07) is 29.2. The summed E-state index contributed by atoms with van der Waals surface area (Å²) < 4.78 is 10.8. The van der Waals surface area contributed by atoms with Crippen molar-refractivity contribution in [2.24, 2.45) is 0 Å². The minimum Gasteiger partial charge on any atom is -0.497 e. The number of thioether (sulfide) groups is 1. The highest BCUT2D eigenvalue weighted by molar-refractivity contribution is 8.00. The molecule has 11 heteroatoms. The first-order valence-corrected chi connectivity index (χ1v) is 17.6. The van der Waals surface area contributed by atoms with Crippen molar-refractivity contribution < 1.29 is 23.9 Å². The van der Waals surface area contributed by atoms with Gasteiger partial charge >= 0.3 is 0 Å².